The number of fused-ring (bicyclic) bond motifs is 1. The third kappa shape index (κ3) is 3.19. The highest BCUT2D eigenvalue weighted by Crippen LogP contribution is 2.30. The van der Waals surface area contributed by atoms with Gasteiger partial charge >= 0.3 is 5.97 Å². The zero-order valence-corrected chi connectivity index (χ0v) is 14.4. The molecule has 0 amide bonds. The SMILES string of the molecule is O=C(O)Cc1ccc(-c2nc3cc(-c4ccccc4)ccc3o2)cc1Cl. The lowest BCUT2D eigenvalue weighted by molar-refractivity contribution is -0.136. The minimum Gasteiger partial charge on any atom is -0.481 e. The van der Waals surface area contributed by atoms with Crippen molar-refractivity contribution in [3.63, 3.8) is 0 Å². The molecule has 0 saturated heterocycles. The maximum Gasteiger partial charge on any atom is 0.307 e. The van der Waals surface area contributed by atoms with Gasteiger partial charge < -0.3 is 9.52 Å². The predicted molar refractivity (Wildman–Crippen MR) is 101 cm³/mol. The van der Waals surface area contributed by atoms with E-state index in [0.717, 1.165) is 16.6 Å². The van der Waals surface area contributed by atoms with Gasteiger partial charge in [-0.25, -0.2) is 4.98 Å². The van der Waals surface area contributed by atoms with Crippen LogP contribution in [0, 0.1) is 0 Å². The molecule has 128 valence electrons. The highest BCUT2D eigenvalue weighted by atomic mass is 35.5. The van der Waals surface area contributed by atoms with E-state index in [1.807, 2.05) is 48.5 Å². The molecule has 4 nitrogen and oxygen atoms in total. The molecule has 1 aromatic heterocycles. The van der Waals surface area contributed by atoms with Gasteiger partial charge in [0, 0.05) is 10.6 Å². The van der Waals surface area contributed by atoms with Crippen molar-refractivity contribution in [2.24, 2.45) is 0 Å². The van der Waals surface area contributed by atoms with Gasteiger partial charge in [0.1, 0.15) is 5.52 Å². The number of carboxylic acids is 1. The Morgan fingerprint density at radius 2 is 1.73 bits per heavy atom. The van der Waals surface area contributed by atoms with Crippen molar-refractivity contribution >= 4 is 28.7 Å². The van der Waals surface area contributed by atoms with Crippen LogP contribution in [0.5, 0.6) is 0 Å². The van der Waals surface area contributed by atoms with Crippen LogP contribution in [0.15, 0.2) is 71.1 Å². The molecular weight excluding hydrogens is 350 g/mol. The molecule has 0 saturated carbocycles. The molecule has 3 aromatic carbocycles. The Balaban J connectivity index is 1.71. The Bertz CT molecular complexity index is 1100. The average molecular weight is 364 g/mol. The van der Waals surface area contributed by atoms with Crippen molar-refractivity contribution in [1.82, 2.24) is 4.98 Å². The van der Waals surface area contributed by atoms with Crippen molar-refractivity contribution < 1.29 is 14.3 Å². The van der Waals surface area contributed by atoms with Gasteiger partial charge in [-0.3, -0.25) is 4.79 Å². The van der Waals surface area contributed by atoms with Crippen molar-refractivity contribution in [3.05, 3.63) is 77.3 Å². The van der Waals surface area contributed by atoms with Gasteiger partial charge in [-0.2, -0.15) is 0 Å². The molecule has 0 bridgehead atoms. The van der Waals surface area contributed by atoms with Crippen molar-refractivity contribution in [2.75, 3.05) is 0 Å². The number of nitrogens with zero attached hydrogens (tertiary/aromatic N) is 1. The fourth-order valence-corrected chi connectivity index (χ4v) is 3.10. The summed E-state index contributed by atoms with van der Waals surface area (Å²) in [7, 11) is 0. The Kier molecular flexibility index (Phi) is 4.19. The van der Waals surface area contributed by atoms with E-state index in [9.17, 15) is 4.79 Å². The summed E-state index contributed by atoms with van der Waals surface area (Å²) in [4.78, 5) is 15.4. The monoisotopic (exact) mass is 363 g/mol. The summed E-state index contributed by atoms with van der Waals surface area (Å²) in [6.07, 6.45) is -0.118. The van der Waals surface area contributed by atoms with Gasteiger partial charge in [0.15, 0.2) is 5.58 Å². The summed E-state index contributed by atoms with van der Waals surface area (Å²) in [6.45, 7) is 0. The Hall–Kier alpha value is -3.11. The zero-order valence-electron chi connectivity index (χ0n) is 13.6. The Morgan fingerprint density at radius 1 is 0.962 bits per heavy atom. The maximum atomic E-state index is 10.9. The average Bonchev–Trinajstić information content (AvgIpc) is 3.07. The minimum atomic E-state index is -0.921. The lowest BCUT2D eigenvalue weighted by Crippen LogP contribution is -2.00. The molecule has 1 N–H and O–H groups in total. The standard InChI is InChI=1S/C21H14ClNO3/c22-17-10-16(7-6-15(17)12-20(24)25)21-23-18-11-14(8-9-19(18)26-21)13-4-2-1-3-5-13/h1-11H,12H2,(H,24,25). The highest BCUT2D eigenvalue weighted by Gasteiger charge is 2.12. The Labute approximate surface area is 154 Å². The molecule has 26 heavy (non-hydrogen) atoms. The molecule has 0 radical (unpaired) electrons. The first kappa shape index (κ1) is 16.4. The smallest absolute Gasteiger partial charge is 0.307 e. The summed E-state index contributed by atoms with van der Waals surface area (Å²) >= 11 is 6.19. The minimum absolute atomic E-state index is 0.118. The number of oxazole rings is 1. The zero-order chi connectivity index (χ0) is 18.1. The van der Waals surface area contributed by atoms with E-state index in [0.29, 0.717) is 27.6 Å². The van der Waals surface area contributed by atoms with E-state index in [1.165, 1.54) is 0 Å². The van der Waals surface area contributed by atoms with E-state index in [2.05, 4.69) is 4.98 Å². The predicted octanol–water partition coefficient (Wildman–Crippen LogP) is 5.44. The van der Waals surface area contributed by atoms with Gasteiger partial charge in [-0.15, -0.1) is 0 Å². The van der Waals surface area contributed by atoms with Gasteiger partial charge in [-0.05, 0) is 41.0 Å². The molecule has 0 atom stereocenters. The third-order valence-electron chi connectivity index (χ3n) is 4.14. The summed E-state index contributed by atoms with van der Waals surface area (Å²) in [5.74, 6) is -0.469. The van der Waals surface area contributed by atoms with Crippen molar-refractivity contribution in [2.45, 2.75) is 6.42 Å². The summed E-state index contributed by atoms with van der Waals surface area (Å²) in [5.41, 5.74) is 4.89. The number of aromatic nitrogens is 1. The molecule has 0 aliphatic heterocycles. The van der Waals surface area contributed by atoms with E-state index in [-0.39, 0.29) is 6.42 Å². The number of benzene rings is 3. The number of rotatable bonds is 4. The Morgan fingerprint density at radius 3 is 2.46 bits per heavy atom. The maximum absolute atomic E-state index is 10.9. The van der Waals surface area contributed by atoms with Crippen LogP contribution >= 0.6 is 11.6 Å². The van der Waals surface area contributed by atoms with Gasteiger partial charge in [0.2, 0.25) is 5.89 Å². The summed E-state index contributed by atoms with van der Waals surface area (Å²) in [6, 6.07) is 21.1. The molecule has 1 heterocycles. The van der Waals surface area contributed by atoms with Crippen LogP contribution in [-0.4, -0.2) is 16.1 Å². The largest absolute Gasteiger partial charge is 0.481 e. The molecule has 4 aromatic rings. The van der Waals surface area contributed by atoms with Crippen LogP contribution in [0.4, 0.5) is 0 Å². The van der Waals surface area contributed by atoms with Crippen LogP contribution in [-0.2, 0) is 11.2 Å². The fraction of sp³-hybridized carbons (Fsp3) is 0.0476. The quantitative estimate of drug-likeness (QED) is 0.524. The van der Waals surface area contributed by atoms with E-state index in [4.69, 9.17) is 21.1 Å². The molecule has 0 unspecified atom stereocenters. The van der Waals surface area contributed by atoms with Crippen LogP contribution in [0.25, 0.3) is 33.7 Å². The molecule has 0 aliphatic rings. The number of carboxylic acid groups (broad SMARTS) is 1. The van der Waals surface area contributed by atoms with Gasteiger partial charge in [0.25, 0.3) is 0 Å². The van der Waals surface area contributed by atoms with Crippen LogP contribution in [0.3, 0.4) is 0 Å². The molecule has 0 spiro atoms. The molecule has 0 aliphatic carbocycles. The third-order valence-corrected chi connectivity index (χ3v) is 4.49. The first-order valence-corrected chi connectivity index (χ1v) is 8.44. The summed E-state index contributed by atoms with van der Waals surface area (Å²) < 4.78 is 5.83. The second-order valence-electron chi connectivity index (χ2n) is 5.94. The second kappa shape index (κ2) is 6.65. The van der Waals surface area contributed by atoms with Crippen LogP contribution in [0.2, 0.25) is 5.02 Å². The molecule has 5 heteroatoms. The second-order valence-corrected chi connectivity index (χ2v) is 6.35. The highest BCUT2D eigenvalue weighted by molar-refractivity contribution is 6.31. The normalized spacial score (nSPS) is 11.0. The van der Waals surface area contributed by atoms with E-state index >= 15 is 0 Å². The van der Waals surface area contributed by atoms with Gasteiger partial charge in [-0.1, -0.05) is 54.1 Å². The lowest BCUT2D eigenvalue weighted by atomic mass is 10.1. The number of hydrogen-bond donors (Lipinski definition) is 1. The van der Waals surface area contributed by atoms with Gasteiger partial charge in [0.05, 0.1) is 6.42 Å². The fourth-order valence-electron chi connectivity index (χ4n) is 2.85. The molecule has 4 rings (SSSR count). The molecule has 0 fully saturated rings. The van der Waals surface area contributed by atoms with Crippen molar-refractivity contribution in [1.29, 1.82) is 0 Å². The number of carbonyl (C=O) groups is 1. The lowest BCUT2D eigenvalue weighted by Gasteiger charge is -2.02. The van der Waals surface area contributed by atoms with E-state index < -0.39 is 5.97 Å². The topological polar surface area (TPSA) is 63.3 Å². The number of aliphatic carboxylic acids is 1. The van der Waals surface area contributed by atoms with Crippen LogP contribution < -0.4 is 0 Å². The number of hydrogen-bond acceptors (Lipinski definition) is 3. The number of halogens is 1. The summed E-state index contributed by atoms with van der Waals surface area (Å²) in [5, 5.41) is 9.29. The first-order valence-electron chi connectivity index (χ1n) is 8.07. The molecular formula is C21H14ClNO3. The van der Waals surface area contributed by atoms with E-state index in [1.54, 1.807) is 18.2 Å². The van der Waals surface area contributed by atoms with Crippen LogP contribution in [0.1, 0.15) is 5.56 Å². The first-order chi connectivity index (χ1) is 12.6. The van der Waals surface area contributed by atoms with Crippen molar-refractivity contribution in [3.8, 4) is 22.6 Å².